The zero-order chi connectivity index (χ0) is 19.6. The van der Waals surface area contributed by atoms with Crippen LogP contribution >= 0.6 is 0 Å². The summed E-state index contributed by atoms with van der Waals surface area (Å²) < 4.78 is 34.4. The fourth-order valence-corrected chi connectivity index (χ4v) is 2.99. The lowest BCUT2D eigenvalue weighted by Gasteiger charge is -2.20. The molecule has 0 aromatic heterocycles. The van der Waals surface area contributed by atoms with Crippen molar-refractivity contribution in [3.8, 4) is 11.5 Å². The first kappa shape index (κ1) is 22.1. The number of sulfone groups is 1. The van der Waals surface area contributed by atoms with Crippen molar-refractivity contribution in [1.82, 2.24) is 10.6 Å². The van der Waals surface area contributed by atoms with Gasteiger partial charge in [0.15, 0.2) is 27.3 Å². The van der Waals surface area contributed by atoms with Crippen LogP contribution < -0.4 is 20.1 Å². The van der Waals surface area contributed by atoms with Gasteiger partial charge in [-0.05, 0) is 38.5 Å². The molecule has 0 amide bonds. The SMILES string of the molecule is CCOc1ccc(C(C)NC(=NC)NCCS(=O)(=O)CC)cc1OCC. The van der Waals surface area contributed by atoms with E-state index < -0.39 is 9.84 Å². The predicted molar refractivity (Wildman–Crippen MR) is 106 cm³/mol. The number of nitrogens with zero attached hydrogens (tertiary/aromatic N) is 1. The van der Waals surface area contributed by atoms with Gasteiger partial charge in [0, 0.05) is 19.3 Å². The lowest BCUT2D eigenvalue weighted by atomic mass is 10.1. The Morgan fingerprint density at radius 1 is 1.15 bits per heavy atom. The Balaban J connectivity index is 2.75. The number of rotatable bonds is 10. The van der Waals surface area contributed by atoms with E-state index in [2.05, 4.69) is 15.6 Å². The van der Waals surface area contributed by atoms with Gasteiger partial charge in [-0.3, -0.25) is 4.99 Å². The highest BCUT2D eigenvalue weighted by molar-refractivity contribution is 7.91. The van der Waals surface area contributed by atoms with Crippen LogP contribution in [0.3, 0.4) is 0 Å². The van der Waals surface area contributed by atoms with Gasteiger partial charge in [-0.25, -0.2) is 8.42 Å². The first-order chi connectivity index (χ1) is 12.4. The Kier molecular flexibility index (Phi) is 9.26. The minimum atomic E-state index is -3.00. The fourth-order valence-electron chi connectivity index (χ4n) is 2.29. The van der Waals surface area contributed by atoms with Gasteiger partial charge < -0.3 is 20.1 Å². The first-order valence-electron chi connectivity index (χ1n) is 8.93. The number of hydrogen-bond acceptors (Lipinski definition) is 5. The summed E-state index contributed by atoms with van der Waals surface area (Å²) in [5, 5.41) is 6.29. The molecular weight excluding hydrogens is 354 g/mol. The van der Waals surface area contributed by atoms with E-state index >= 15 is 0 Å². The largest absolute Gasteiger partial charge is 0.490 e. The molecule has 0 heterocycles. The van der Waals surface area contributed by atoms with Gasteiger partial charge in [-0.2, -0.15) is 0 Å². The van der Waals surface area contributed by atoms with Gasteiger partial charge in [0.1, 0.15) is 0 Å². The van der Waals surface area contributed by atoms with E-state index in [1.54, 1.807) is 14.0 Å². The predicted octanol–water partition coefficient (Wildman–Crippen LogP) is 2.14. The standard InChI is InChI=1S/C18H31N3O4S/c1-6-24-16-10-9-15(13-17(16)25-7-2)14(4)21-18(19-5)20-11-12-26(22,23)8-3/h9-10,13-14H,6-8,11-12H2,1-5H3,(H2,19,20,21). The highest BCUT2D eigenvalue weighted by Crippen LogP contribution is 2.30. The average Bonchev–Trinajstić information content (AvgIpc) is 2.62. The zero-order valence-electron chi connectivity index (χ0n) is 16.3. The number of hydrogen-bond donors (Lipinski definition) is 2. The van der Waals surface area contributed by atoms with Gasteiger partial charge in [0.05, 0.1) is 25.0 Å². The molecule has 2 N–H and O–H groups in total. The molecule has 0 saturated carbocycles. The minimum absolute atomic E-state index is 0.0427. The van der Waals surface area contributed by atoms with E-state index in [1.165, 1.54) is 0 Å². The minimum Gasteiger partial charge on any atom is -0.490 e. The molecule has 1 aromatic carbocycles. The molecule has 1 rings (SSSR count). The molecule has 0 radical (unpaired) electrons. The fraction of sp³-hybridized carbons (Fsp3) is 0.611. The summed E-state index contributed by atoms with van der Waals surface area (Å²) in [5.41, 5.74) is 1.01. The lowest BCUT2D eigenvalue weighted by molar-refractivity contribution is 0.287. The average molecular weight is 386 g/mol. The number of nitrogens with one attached hydrogen (secondary N) is 2. The quantitative estimate of drug-likeness (QED) is 0.474. The molecule has 0 aliphatic heterocycles. The Labute approximate surface area is 157 Å². The number of guanidine groups is 1. The highest BCUT2D eigenvalue weighted by Gasteiger charge is 2.13. The van der Waals surface area contributed by atoms with Crippen molar-refractivity contribution < 1.29 is 17.9 Å². The summed E-state index contributed by atoms with van der Waals surface area (Å²) in [4.78, 5) is 4.15. The maximum atomic E-state index is 11.6. The monoisotopic (exact) mass is 385 g/mol. The molecule has 0 fully saturated rings. The van der Waals surface area contributed by atoms with Crippen LogP contribution in [-0.2, 0) is 9.84 Å². The first-order valence-corrected chi connectivity index (χ1v) is 10.8. The Hall–Kier alpha value is -1.96. The van der Waals surface area contributed by atoms with Crippen LogP contribution in [0.4, 0.5) is 0 Å². The van der Waals surface area contributed by atoms with E-state index in [9.17, 15) is 8.42 Å². The molecule has 0 saturated heterocycles. The van der Waals surface area contributed by atoms with Crippen molar-refractivity contribution in [3.63, 3.8) is 0 Å². The molecule has 148 valence electrons. The summed E-state index contributed by atoms with van der Waals surface area (Å²) in [5.74, 6) is 2.20. The molecule has 0 spiro atoms. The molecule has 0 aliphatic rings. The molecule has 1 atom stereocenters. The number of aliphatic imine (C=N–C) groups is 1. The van der Waals surface area contributed by atoms with Crippen molar-refractivity contribution >= 4 is 15.8 Å². The van der Waals surface area contributed by atoms with Crippen LogP contribution in [0.25, 0.3) is 0 Å². The van der Waals surface area contributed by atoms with E-state index in [-0.39, 0.29) is 17.5 Å². The summed E-state index contributed by atoms with van der Waals surface area (Å²) in [6, 6.07) is 5.77. The van der Waals surface area contributed by atoms with Crippen LogP contribution in [0.15, 0.2) is 23.2 Å². The molecular formula is C18H31N3O4S. The van der Waals surface area contributed by atoms with E-state index in [4.69, 9.17) is 9.47 Å². The van der Waals surface area contributed by atoms with E-state index in [1.807, 2.05) is 39.0 Å². The van der Waals surface area contributed by atoms with Crippen LogP contribution in [0.1, 0.15) is 39.3 Å². The van der Waals surface area contributed by atoms with Crippen molar-refractivity contribution in [2.45, 2.75) is 33.7 Å². The highest BCUT2D eigenvalue weighted by atomic mass is 32.2. The van der Waals surface area contributed by atoms with Crippen molar-refractivity contribution in [3.05, 3.63) is 23.8 Å². The van der Waals surface area contributed by atoms with Gasteiger partial charge in [0.2, 0.25) is 0 Å². The van der Waals surface area contributed by atoms with Gasteiger partial charge >= 0.3 is 0 Å². The molecule has 26 heavy (non-hydrogen) atoms. The smallest absolute Gasteiger partial charge is 0.191 e. The van der Waals surface area contributed by atoms with Crippen LogP contribution in [0.5, 0.6) is 11.5 Å². The maximum Gasteiger partial charge on any atom is 0.191 e. The third-order valence-electron chi connectivity index (χ3n) is 3.79. The molecule has 0 bridgehead atoms. The third-order valence-corrected chi connectivity index (χ3v) is 5.50. The maximum absolute atomic E-state index is 11.6. The van der Waals surface area contributed by atoms with Gasteiger partial charge in [-0.15, -0.1) is 0 Å². The van der Waals surface area contributed by atoms with Gasteiger partial charge in [0.25, 0.3) is 0 Å². The van der Waals surface area contributed by atoms with Crippen LogP contribution in [-0.4, -0.2) is 52.7 Å². The molecule has 1 aromatic rings. The summed E-state index contributed by atoms with van der Waals surface area (Å²) in [6.07, 6.45) is 0. The summed E-state index contributed by atoms with van der Waals surface area (Å²) >= 11 is 0. The second-order valence-electron chi connectivity index (χ2n) is 5.67. The molecule has 0 aliphatic carbocycles. The molecule has 8 heteroatoms. The van der Waals surface area contributed by atoms with E-state index in [0.29, 0.717) is 31.5 Å². The molecule has 7 nitrogen and oxygen atoms in total. The third kappa shape index (κ3) is 7.11. The topological polar surface area (TPSA) is 89.0 Å². The zero-order valence-corrected chi connectivity index (χ0v) is 17.1. The lowest BCUT2D eigenvalue weighted by Crippen LogP contribution is -2.40. The second-order valence-corrected chi connectivity index (χ2v) is 8.15. The normalized spacial score (nSPS) is 13.2. The second kappa shape index (κ2) is 10.9. The molecule has 1 unspecified atom stereocenters. The Bertz CT molecular complexity index is 690. The number of ether oxygens (including phenoxy) is 2. The van der Waals surface area contributed by atoms with Crippen molar-refractivity contribution in [1.29, 1.82) is 0 Å². The van der Waals surface area contributed by atoms with Crippen molar-refractivity contribution in [2.24, 2.45) is 4.99 Å². The van der Waals surface area contributed by atoms with E-state index in [0.717, 1.165) is 11.3 Å². The Morgan fingerprint density at radius 3 is 2.38 bits per heavy atom. The van der Waals surface area contributed by atoms with Crippen LogP contribution in [0.2, 0.25) is 0 Å². The Morgan fingerprint density at radius 2 is 1.81 bits per heavy atom. The summed E-state index contributed by atoms with van der Waals surface area (Å²) in [6.45, 7) is 8.96. The van der Waals surface area contributed by atoms with Crippen molar-refractivity contribution in [2.75, 3.05) is 38.3 Å². The summed E-state index contributed by atoms with van der Waals surface area (Å²) in [7, 11) is -1.35. The van der Waals surface area contributed by atoms with Gasteiger partial charge in [-0.1, -0.05) is 13.0 Å². The number of benzene rings is 1. The van der Waals surface area contributed by atoms with Crippen LogP contribution in [0, 0.1) is 0 Å².